The monoisotopic (exact) mass is 414 g/mol. The first-order chi connectivity index (χ1) is 13.3. The van der Waals surface area contributed by atoms with Gasteiger partial charge in [-0.1, -0.05) is 65.7 Å². The number of Topliss-reactive ketones (excluding diaryl/α,β-unsaturated/α-hetero) is 1. The molecule has 28 heavy (non-hydrogen) atoms. The summed E-state index contributed by atoms with van der Waals surface area (Å²) in [5, 5.41) is 19.7. The van der Waals surface area contributed by atoms with E-state index in [4.69, 9.17) is 5.11 Å². The largest absolute Gasteiger partial charge is 0.481 e. The molecule has 0 radical (unpaired) electrons. The van der Waals surface area contributed by atoms with Gasteiger partial charge in [-0.25, -0.2) is 0 Å². The fraction of sp³-hybridized carbons (Fsp3) is 0.913. The van der Waals surface area contributed by atoms with Crippen LogP contribution in [0, 0.1) is 11.3 Å². The molecule has 0 saturated heterocycles. The number of rotatable bonds is 16. The summed E-state index contributed by atoms with van der Waals surface area (Å²) >= 11 is 1.80. The number of unbranched alkanes of at least 4 members (excludes halogenated alkanes) is 6. The Morgan fingerprint density at radius 3 is 2.50 bits per heavy atom. The Morgan fingerprint density at radius 1 is 1.14 bits per heavy atom. The number of aliphatic carboxylic acids is 1. The van der Waals surface area contributed by atoms with E-state index in [1.165, 1.54) is 25.7 Å². The molecule has 1 aliphatic rings. The van der Waals surface area contributed by atoms with Gasteiger partial charge in [0.05, 0.1) is 6.10 Å². The molecule has 0 aromatic rings. The molecule has 2 N–H and O–H groups in total. The van der Waals surface area contributed by atoms with Crippen molar-refractivity contribution >= 4 is 23.5 Å². The number of hydrogen-bond acceptors (Lipinski definition) is 4. The lowest BCUT2D eigenvalue weighted by Crippen LogP contribution is -2.32. The second-order valence-corrected chi connectivity index (χ2v) is 10.4. The van der Waals surface area contributed by atoms with Crippen LogP contribution < -0.4 is 0 Å². The molecule has 4 nitrogen and oxygen atoms in total. The van der Waals surface area contributed by atoms with Gasteiger partial charge in [0.1, 0.15) is 5.78 Å². The number of carboxylic acids is 1. The summed E-state index contributed by atoms with van der Waals surface area (Å²) in [5.41, 5.74) is -0.0665. The van der Waals surface area contributed by atoms with Crippen LogP contribution in [-0.4, -0.2) is 39.1 Å². The minimum absolute atomic E-state index is 0.0665. The van der Waals surface area contributed by atoms with E-state index in [-0.39, 0.29) is 23.9 Å². The number of carbonyl (C=O) groups excluding carboxylic acids is 1. The lowest BCUT2D eigenvalue weighted by Gasteiger charge is -2.31. The molecule has 3 atom stereocenters. The smallest absolute Gasteiger partial charge is 0.303 e. The van der Waals surface area contributed by atoms with Crippen LogP contribution in [0.1, 0.15) is 104 Å². The van der Waals surface area contributed by atoms with E-state index in [0.717, 1.165) is 44.9 Å². The summed E-state index contributed by atoms with van der Waals surface area (Å²) in [6.07, 6.45) is 12.1. The molecule has 0 amide bonds. The van der Waals surface area contributed by atoms with Gasteiger partial charge in [-0.05, 0) is 31.1 Å². The molecule has 0 aliphatic heterocycles. The van der Waals surface area contributed by atoms with E-state index in [1.807, 2.05) is 0 Å². The highest BCUT2D eigenvalue weighted by Gasteiger charge is 2.36. The second kappa shape index (κ2) is 13.6. The molecule has 0 spiro atoms. The van der Waals surface area contributed by atoms with Crippen molar-refractivity contribution in [3.8, 4) is 0 Å². The van der Waals surface area contributed by atoms with E-state index in [2.05, 4.69) is 20.8 Å². The zero-order chi connectivity index (χ0) is 21.0. The Labute approximate surface area is 176 Å². The first-order valence-corrected chi connectivity index (χ1v) is 12.4. The zero-order valence-corrected chi connectivity index (χ0v) is 19.1. The first kappa shape index (κ1) is 25.5. The van der Waals surface area contributed by atoms with Crippen LogP contribution in [0.5, 0.6) is 0 Å². The van der Waals surface area contributed by atoms with Crippen LogP contribution in [0.3, 0.4) is 0 Å². The minimum atomic E-state index is -0.728. The maximum Gasteiger partial charge on any atom is 0.303 e. The number of ketones is 1. The van der Waals surface area contributed by atoms with E-state index in [0.29, 0.717) is 23.2 Å². The predicted molar refractivity (Wildman–Crippen MR) is 118 cm³/mol. The van der Waals surface area contributed by atoms with Crippen molar-refractivity contribution in [1.29, 1.82) is 0 Å². The standard InChI is InChI=1S/C23H42O4S/c1-4-5-6-11-16-23(2,3)21(25)17-28-20-15-14-19(24)18(20)12-9-7-8-10-13-22(26)27/h18,20-21,25H,4-17H2,1-3H3,(H,26,27). The highest BCUT2D eigenvalue weighted by atomic mass is 32.2. The molecule has 1 rings (SSSR count). The minimum Gasteiger partial charge on any atom is -0.481 e. The lowest BCUT2D eigenvalue weighted by molar-refractivity contribution is -0.137. The third-order valence-corrected chi connectivity index (χ3v) is 7.74. The van der Waals surface area contributed by atoms with Crippen LogP contribution in [0.2, 0.25) is 0 Å². The summed E-state index contributed by atoms with van der Waals surface area (Å²) in [4.78, 5) is 22.8. The van der Waals surface area contributed by atoms with Crippen LogP contribution in [0.4, 0.5) is 0 Å². The zero-order valence-electron chi connectivity index (χ0n) is 18.3. The molecule has 0 heterocycles. The van der Waals surface area contributed by atoms with Gasteiger partial charge in [-0.15, -0.1) is 0 Å². The molecular formula is C23H42O4S. The van der Waals surface area contributed by atoms with E-state index in [9.17, 15) is 14.7 Å². The predicted octanol–water partition coefficient (Wildman–Crippen LogP) is 5.85. The van der Waals surface area contributed by atoms with Crippen molar-refractivity contribution < 1.29 is 19.8 Å². The fourth-order valence-corrected chi connectivity index (χ4v) is 5.72. The Bertz CT molecular complexity index is 464. The average molecular weight is 415 g/mol. The van der Waals surface area contributed by atoms with Crippen molar-refractivity contribution in [1.82, 2.24) is 0 Å². The quantitative estimate of drug-likeness (QED) is 0.310. The summed E-state index contributed by atoms with van der Waals surface area (Å²) in [6.45, 7) is 6.54. The summed E-state index contributed by atoms with van der Waals surface area (Å²) in [5.74, 6) is 0.503. The van der Waals surface area contributed by atoms with Gasteiger partial charge < -0.3 is 10.2 Å². The van der Waals surface area contributed by atoms with Crippen molar-refractivity contribution in [2.45, 2.75) is 116 Å². The second-order valence-electron chi connectivity index (χ2n) is 9.14. The number of aliphatic hydroxyl groups excluding tert-OH is 1. The summed E-state index contributed by atoms with van der Waals surface area (Å²) < 4.78 is 0. The van der Waals surface area contributed by atoms with Gasteiger partial charge in [-0.2, -0.15) is 11.8 Å². The van der Waals surface area contributed by atoms with E-state index < -0.39 is 5.97 Å². The fourth-order valence-electron chi connectivity index (χ4n) is 4.03. The molecule has 1 saturated carbocycles. The van der Waals surface area contributed by atoms with Gasteiger partial charge >= 0.3 is 5.97 Å². The van der Waals surface area contributed by atoms with Gasteiger partial charge in [0.2, 0.25) is 0 Å². The van der Waals surface area contributed by atoms with Gasteiger partial charge in [-0.3, -0.25) is 9.59 Å². The molecule has 1 aliphatic carbocycles. The molecule has 0 aromatic carbocycles. The number of carbonyl (C=O) groups is 2. The Kier molecular flexibility index (Phi) is 12.4. The first-order valence-electron chi connectivity index (χ1n) is 11.3. The SMILES string of the molecule is CCCCCCC(C)(C)C(O)CSC1CCC(=O)C1CCCCCCC(=O)O. The normalized spacial score (nSPS) is 21.2. The highest BCUT2D eigenvalue weighted by molar-refractivity contribution is 8.00. The topological polar surface area (TPSA) is 74.6 Å². The molecule has 0 aromatic heterocycles. The van der Waals surface area contributed by atoms with Crippen molar-refractivity contribution in [3.63, 3.8) is 0 Å². The molecule has 5 heteroatoms. The highest BCUT2D eigenvalue weighted by Crippen LogP contribution is 2.38. The Morgan fingerprint density at radius 2 is 1.82 bits per heavy atom. The van der Waals surface area contributed by atoms with Gasteiger partial charge in [0.15, 0.2) is 0 Å². The number of hydrogen-bond donors (Lipinski definition) is 2. The molecule has 3 unspecified atom stereocenters. The molecular weight excluding hydrogens is 372 g/mol. The van der Waals surface area contributed by atoms with Crippen LogP contribution in [-0.2, 0) is 9.59 Å². The maximum absolute atomic E-state index is 12.3. The number of carboxylic acid groups (broad SMARTS) is 1. The van der Waals surface area contributed by atoms with E-state index >= 15 is 0 Å². The van der Waals surface area contributed by atoms with Crippen LogP contribution in [0.25, 0.3) is 0 Å². The van der Waals surface area contributed by atoms with E-state index in [1.54, 1.807) is 11.8 Å². The third kappa shape index (κ3) is 9.78. The molecule has 0 bridgehead atoms. The molecule has 1 fully saturated rings. The van der Waals surface area contributed by atoms with Gasteiger partial charge in [0.25, 0.3) is 0 Å². The summed E-state index contributed by atoms with van der Waals surface area (Å²) in [7, 11) is 0. The van der Waals surface area contributed by atoms with Crippen LogP contribution >= 0.6 is 11.8 Å². The lowest BCUT2D eigenvalue weighted by atomic mass is 9.82. The number of aliphatic hydroxyl groups is 1. The van der Waals surface area contributed by atoms with Crippen molar-refractivity contribution in [2.24, 2.45) is 11.3 Å². The van der Waals surface area contributed by atoms with Crippen molar-refractivity contribution in [3.05, 3.63) is 0 Å². The number of thioether (sulfide) groups is 1. The van der Waals surface area contributed by atoms with Crippen molar-refractivity contribution in [2.75, 3.05) is 5.75 Å². The van der Waals surface area contributed by atoms with Gasteiger partial charge in [0, 0.05) is 29.8 Å². The molecule has 164 valence electrons. The third-order valence-electron chi connectivity index (χ3n) is 6.24. The maximum atomic E-state index is 12.3. The Hall–Kier alpha value is -0.550. The average Bonchev–Trinajstić information content (AvgIpc) is 2.99. The summed E-state index contributed by atoms with van der Waals surface area (Å²) in [6, 6.07) is 0. The van der Waals surface area contributed by atoms with Crippen LogP contribution in [0.15, 0.2) is 0 Å². The Balaban J connectivity index is 2.32.